The molecule has 3 rings (SSSR count). The van der Waals surface area contributed by atoms with Crippen LogP contribution in [0.4, 0.5) is 11.4 Å². The first-order valence-electron chi connectivity index (χ1n) is 8.68. The minimum Gasteiger partial charge on any atom is -0.344 e. The molecule has 0 amide bonds. The van der Waals surface area contributed by atoms with Crippen molar-refractivity contribution in [2.45, 2.75) is 40.0 Å². The van der Waals surface area contributed by atoms with Gasteiger partial charge in [0.1, 0.15) is 0 Å². The maximum atomic E-state index is 9.27. The monoisotopic (exact) mass is 318 g/mol. The van der Waals surface area contributed by atoms with Crippen molar-refractivity contribution in [3.8, 4) is 6.07 Å². The van der Waals surface area contributed by atoms with Gasteiger partial charge in [-0.05, 0) is 59.9 Å². The van der Waals surface area contributed by atoms with E-state index in [1.54, 1.807) is 0 Å². The molecule has 124 valence electrons. The average Bonchev–Trinajstić information content (AvgIpc) is 3.11. The standard InChI is InChI=1S/C22H26N2/c1-21(2)16-22(21,3)13-12-18-11-10-17(15-23)14-20(18)24(4)19-8-6-5-7-9-19/h5-11,14H,12-13,16H2,1-4H3. The molecule has 2 nitrogen and oxygen atoms in total. The highest BCUT2D eigenvalue weighted by molar-refractivity contribution is 5.67. The molecule has 1 unspecified atom stereocenters. The molecule has 0 saturated heterocycles. The maximum absolute atomic E-state index is 9.27. The molecule has 0 heterocycles. The van der Waals surface area contributed by atoms with E-state index in [0.717, 1.165) is 23.4 Å². The van der Waals surface area contributed by atoms with E-state index in [0.29, 0.717) is 10.8 Å². The highest BCUT2D eigenvalue weighted by atomic mass is 15.1. The van der Waals surface area contributed by atoms with E-state index in [2.05, 4.69) is 57.0 Å². The number of nitriles is 1. The number of hydrogen-bond acceptors (Lipinski definition) is 2. The van der Waals surface area contributed by atoms with Crippen molar-refractivity contribution in [2.75, 3.05) is 11.9 Å². The van der Waals surface area contributed by atoms with Crippen LogP contribution in [-0.2, 0) is 6.42 Å². The van der Waals surface area contributed by atoms with Crippen LogP contribution in [0.25, 0.3) is 0 Å². The number of anilines is 2. The minimum absolute atomic E-state index is 0.448. The second-order valence-electron chi connectivity index (χ2n) is 7.97. The highest BCUT2D eigenvalue weighted by Crippen LogP contribution is 2.65. The third-order valence-corrected chi connectivity index (χ3v) is 6.01. The summed E-state index contributed by atoms with van der Waals surface area (Å²) >= 11 is 0. The summed E-state index contributed by atoms with van der Waals surface area (Å²) < 4.78 is 0. The number of hydrogen-bond donors (Lipinski definition) is 0. The van der Waals surface area contributed by atoms with Gasteiger partial charge in [0.05, 0.1) is 11.6 Å². The zero-order valence-electron chi connectivity index (χ0n) is 15.1. The molecule has 0 aliphatic heterocycles. The van der Waals surface area contributed by atoms with Gasteiger partial charge in [-0.15, -0.1) is 0 Å². The Morgan fingerprint density at radius 3 is 2.33 bits per heavy atom. The van der Waals surface area contributed by atoms with Crippen LogP contribution in [0.1, 0.15) is 44.7 Å². The van der Waals surface area contributed by atoms with E-state index in [4.69, 9.17) is 0 Å². The molecule has 2 heteroatoms. The van der Waals surface area contributed by atoms with Crippen molar-refractivity contribution in [2.24, 2.45) is 10.8 Å². The predicted octanol–water partition coefficient (Wildman–Crippen LogP) is 5.69. The summed E-state index contributed by atoms with van der Waals surface area (Å²) in [7, 11) is 2.08. The smallest absolute Gasteiger partial charge is 0.0992 e. The Labute approximate surface area is 145 Å². The first kappa shape index (κ1) is 16.6. The summed E-state index contributed by atoms with van der Waals surface area (Å²) in [4.78, 5) is 2.19. The minimum atomic E-state index is 0.448. The molecule has 1 atom stereocenters. The Morgan fingerprint density at radius 2 is 1.75 bits per heavy atom. The molecule has 0 bridgehead atoms. The fourth-order valence-electron chi connectivity index (χ4n) is 3.72. The van der Waals surface area contributed by atoms with Crippen LogP contribution in [0, 0.1) is 22.2 Å². The highest BCUT2D eigenvalue weighted by Gasteiger charge is 2.56. The molecule has 1 aliphatic rings. The number of aryl methyl sites for hydroxylation is 1. The Morgan fingerprint density at radius 1 is 1.08 bits per heavy atom. The normalized spacial score (nSPS) is 21.1. The van der Waals surface area contributed by atoms with Crippen molar-refractivity contribution < 1.29 is 0 Å². The fourth-order valence-corrected chi connectivity index (χ4v) is 3.72. The Kier molecular flexibility index (Phi) is 4.13. The van der Waals surface area contributed by atoms with Crippen molar-refractivity contribution in [3.05, 3.63) is 59.7 Å². The maximum Gasteiger partial charge on any atom is 0.0992 e. The summed E-state index contributed by atoms with van der Waals surface area (Å²) in [5.74, 6) is 0. The molecule has 2 aromatic rings. The van der Waals surface area contributed by atoms with Gasteiger partial charge >= 0.3 is 0 Å². The summed E-state index contributed by atoms with van der Waals surface area (Å²) in [5, 5.41) is 9.27. The Bertz CT molecular complexity index is 770. The Hall–Kier alpha value is -2.27. The first-order chi connectivity index (χ1) is 11.4. The third kappa shape index (κ3) is 3.04. The summed E-state index contributed by atoms with van der Waals surface area (Å²) in [5.41, 5.74) is 5.24. The van der Waals surface area contributed by atoms with Crippen LogP contribution in [0.3, 0.4) is 0 Å². The molecule has 0 spiro atoms. The molecule has 0 N–H and O–H groups in total. The van der Waals surface area contributed by atoms with E-state index < -0.39 is 0 Å². The van der Waals surface area contributed by atoms with Gasteiger partial charge < -0.3 is 4.90 Å². The predicted molar refractivity (Wildman–Crippen MR) is 100 cm³/mol. The zero-order chi connectivity index (χ0) is 17.4. The lowest BCUT2D eigenvalue weighted by molar-refractivity contribution is 0.390. The fraction of sp³-hybridized carbons (Fsp3) is 0.409. The summed E-state index contributed by atoms with van der Waals surface area (Å²) in [6.07, 6.45) is 3.56. The molecule has 1 aliphatic carbocycles. The van der Waals surface area contributed by atoms with Gasteiger partial charge in [0.15, 0.2) is 0 Å². The molecular weight excluding hydrogens is 292 g/mol. The number of rotatable bonds is 5. The Balaban J connectivity index is 1.88. The topological polar surface area (TPSA) is 27.0 Å². The van der Waals surface area contributed by atoms with Gasteiger partial charge in [-0.2, -0.15) is 5.26 Å². The van der Waals surface area contributed by atoms with E-state index in [1.165, 1.54) is 18.4 Å². The van der Waals surface area contributed by atoms with Gasteiger partial charge in [0.25, 0.3) is 0 Å². The van der Waals surface area contributed by atoms with Crippen molar-refractivity contribution in [1.29, 1.82) is 5.26 Å². The second-order valence-corrected chi connectivity index (χ2v) is 7.97. The van der Waals surface area contributed by atoms with Crippen molar-refractivity contribution >= 4 is 11.4 Å². The largest absolute Gasteiger partial charge is 0.344 e. The van der Waals surface area contributed by atoms with Gasteiger partial charge in [-0.25, -0.2) is 0 Å². The van der Waals surface area contributed by atoms with Crippen LogP contribution in [0.2, 0.25) is 0 Å². The first-order valence-corrected chi connectivity index (χ1v) is 8.68. The van der Waals surface area contributed by atoms with Gasteiger partial charge in [-0.1, -0.05) is 45.0 Å². The van der Waals surface area contributed by atoms with Gasteiger partial charge in [0.2, 0.25) is 0 Å². The molecular formula is C22H26N2. The SMILES string of the molecule is CN(c1ccccc1)c1cc(C#N)ccc1CCC1(C)CC1(C)C. The lowest BCUT2D eigenvalue weighted by Crippen LogP contribution is -2.13. The number of benzene rings is 2. The quantitative estimate of drug-likeness (QED) is 0.707. The van der Waals surface area contributed by atoms with Crippen molar-refractivity contribution in [1.82, 2.24) is 0 Å². The molecule has 1 saturated carbocycles. The second kappa shape index (κ2) is 5.98. The molecule has 2 aromatic carbocycles. The van der Waals surface area contributed by atoms with Gasteiger partial charge in [-0.3, -0.25) is 0 Å². The van der Waals surface area contributed by atoms with Crippen LogP contribution < -0.4 is 4.90 Å². The lowest BCUT2D eigenvalue weighted by Gasteiger charge is -2.24. The van der Waals surface area contributed by atoms with Crippen LogP contribution >= 0.6 is 0 Å². The van der Waals surface area contributed by atoms with E-state index in [-0.39, 0.29) is 0 Å². The molecule has 24 heavy (non-hydrogen) atoms. The lowest BCUT2D eigenvalue weighted by atomic mass is 9.90. The molecule has 0 aromatic heterocycles. The van der Waals surface area contributed by atoms with Crippen LogP contribution in [0.5, 0.6) is 0 Å². The van der Waals surface area contributed by atoms with E-state index >= 15 is 0 Å². The molecule has 0 radical (unpaired) electrons. The van der Waals surface area contributed by atoms with E-state index in [1.807, 2.05) is 30.3 Å². The van der Waals surface area contributed by atoms with Crippen LogP contribution in [-0.4, -0.2) is 7.05 Å². The summed E-state index contributed by atoms with van der Waals surface area (Å²) in [6, 6.07) is 18.7. The average molecular weight is 318 g/mol. The van der Waals surface area contributed by atoms with Crippen LogP contribution in [0.15, 0.2) is 48.5 Å². The molecule has 1 fully saturated rings. The third-order valence-electron chi connectivity index (χ3n) is 6.01. The van der Waals surface area contributed by atoms with Crippen molar-refractivity contribution in [3.63, 3.8) is 0 Å². The number of para-hydroxylation sites is 1. The summed E-state index contributed by atoms with van der Waals surface area (Å²) in [6.45, 7) is 7.13. The number of nitrogens with zero attached hydrogens (tertiary/aromatic N) is 2. The zero-order valence-corrected chi connectivity index (χ0v) is 15.1. The van der Waals surface area contributed by atoms with E-state index in [9.17, 15) is 5.26 Å². The van der Waals surface area contributed by atoms with Gasteiger partial charge in [0, 0.05) is 18.4 Å².